The maximum Gasteiger partial charge on any atom is 0.229 e. The van der Waals surface area contributed by atoms with Crippen LogP contribution in [0.25, 0.3) is 10.2 Å². The Hall–Kier alpha value is -2.76. The van der Waals surface area contributed by atoms with E-state index in [0.29, 0.717) is 36.8 Å². The lowest BCUT2D eigenvalue weighted by molar-refractivity contribution is -0.139. The van der Waals surface area contributed by atoms with Crippen LogP contribution < -0.4 is 0 Å². The second-order valence-electron chi connectivity index (χ2n) is 6.05. The maximum absolute atomic E-state index is 12.9. The van der Waals surface area contributed by atoms with Crippen molar-refractivity contribution in [2.75, 3.05) is 19.8 Å². The van der Waals surface area contributed by atoms with Crippen LogP contribution in [0.1, 0.15) is 28.1 Å². The molecule has 0 N–H and O–H groups in total. The third-order valence-electron chi connectivity index (χ3n) is 4.41. The number of amides is 1. The van der Waals surface area contributed by atoms with Gasteiger partial charge in [0.25, 0.3) is 0 Å². The van der Waals surface area contributed by atoms with E-state index in [9.17, 15) is 10.1 Å². The number of hydrogen-bond acceptors (Lipinski definition) is 7. The summed E-state index contributed by atoms with van der Waals surface area (Å²) in [5.41, 5.74) is 1.64. The first-order valence-corrected chi connectivity index (χ1v) is 9.07. The minimum absolute atomic E-state index is 0.0294. The van der Waals surface area contributed by atoms with Crippen LogP contribution in [0, 0.1) is 18.3 Å². The Morgan fingerprint density at radius 3 is 3.12 bits per heavy atom. The predicted octanol–water partition coefficient (Wildman–Crippen LogP) is 2.61. The van der Waals surface area contributed by atoms with Gasteiger partial charge >= 0.3 is 0 Å². The molecule has 8 heteroatoms. The highest BCUT2D eigenvalue weighted by atomic mass is 32.1. The van der Waals surface area contributed by atoms with E-state index in [0.717, 1.165) is 15.2 Å². The van der Waals surface area contributed by atoms with Crippen LogP contribution in [0.4, 0.5) is 0 Å². The molecule has 0 aliphatic carbocycles. The van der Waals surface area contributed by atoms with E-state index in [1.807, 2.05) is 24.3 Å². The lowest BCUT2D eigenvalue weighted by Gasteiger charge is -2.34. The summed E-state index contributed by atoms with van der Waals surface area (Å²) in [5.74, 6) is 0.322. The second-order valence-corrected chi connectivity index (χ2v) is 7.11. The average molecular weight is 368 g/mol. The number of aryl methyl sites for hydroxylation is 1. The first kappa shape index (κ1) is 16.7. The monoisotopic (exact) mass is 368 g/mol. The van der Waals surface area contributed by atoms with Gasteiger partial charge in [-0.2, -0.15) is 5.26 Å². The van der Waals surface area contributed by atoms with Gasteiger partial charge in [0.1, 0.15) is 28.4 Å². The number of benzene rings is 1. The summed E-state index contributed by atoms with van der Waals surface area (Å²) >= 11 is 1.57. The molecule has 1 atom stereocenters. The van der Waals surface area contributed by atoms with Crippen LogP contribution in [-0.2, 0) is 16.0 Å². The minimum Gasteiger partial charge on any atom is -0.377 e. The number of aromatic nitrogens is 2. The summed E-state index contributed by atoms with van der Waals surface area (Å²) in [7, 11) is 0. The highest BCUT2D eigenvalue weighted by Gasteiger charge is 2.32. The molecule has 132 valence electrons. The molecule has 0 radical (unpaired) electrons. The summed E-state index contributed by atoms with van der Waals surface area (Å²) in [6, 6.07) is 9.72. The molecular formula is C18H16N4O3S. The van der Waals surface area contributed by atoms with Crippen molar-refractivity contribution in [3.05, 3.63) is 46.3 Å². The third-order valence-corrected chi connectivity index (χ3v) is 5.55. The molecule has 26 heavy (non-hydrogen) atoms. The summed E-state index contributed by atoms with van der Waals surface area (Å²) in [6.45, 7) is 3.04. The van der Waals surface area contributed by atoms with Crippen LogP contribution in [0.5, 0.6) is 0 Å². The maximum atomic E-state index is 12.9. The number of nitrogens with zero attached hydrogens (tertiary/aromatic N) is 4. The lowest BCUT2D eigenvalue weighted by atomic mass is 10.1. The molecule has 2 aromatic heterocycles. The van der Waals surface area contributed by atoms with Crippen molar-refractivity contribution < 1.29 is 14.1 Å². The summed E-state index contributed by atoms with van der Waals surface area (Å²) in [5, 5.41) is 13.9. The van der Waals surface area contributed by atoms with Crippen molar-refractivity contribution in [3.8, 4) is 6.07 Å². The SMILES string of the molecule is Cc1onc(CC(=O)N2CCOCC2c2nc3ccccc3s2)c1C#N. The number of rotatable bonds is 3. The van der Waals surface area contributed by atoms with E-state index in [1.165, 1.54) is 0 Å². The molecule has 3 heterocycles. The molecule has 0 bridgehead atoms. The zero-order chi connectivity index (χ0) is 18.1. The normalized spacial score (nSPS) is 17.4. The molecule has 3 aromatic rings. The number of para-hydroxylation sites is 1. The van der Waals surface area contributed by atoms with E-state index >= 15 is 0 Å². The lowest BCUT2D eigenvalue weighted by Crippen LogP contribution is -2.44. The molecule has 1 unspecified atom stereocenters. The summed E-state index contributed by atoms with van der Waals surface area (Å²) in [4.78, 5) is 19.3. The van der Waals surface area contributed by atoms with E-state index in [1.54, 1.807) is 23.2 Å². The van der Waals surface area contributed by atoms with Crippen molar-refractivity contribution in [1.82, 2.24) is 15.0 Å². The molecular weight excluding hydrogens is 352 g/mol. The number of morpholine rings is 1. The number of carbonyl (C=O) groups is 1. The van der Waals surface area contributed by atoms with Crippen LogP contribution in [0.2, 0.25) is 0 Å². The molecule has 1 aromatic carbocycles. The van der Waals surface area contributed by atoms with Gasteiger partial charge in [-0.1, -0.05) is 17.3 Å². The minimum atomic E-state index is -0.229. The molecule has 1 saturated heterocycles. The van der Waals surface area contributed by atoms with E-state index in [2.05, 4.69) is 16.2 Å². The molecule has 1 aliphatic heterocycles. The molecule has 1 amide bonds. The number of hydrogen-bond donors (Lipinski definition) is 0. The van der Waals surface area contributed by atoms with Gasteiger partial charge in [0.15, 0.2) is 5.76 Å². The van der Waals surface area contributed by atoms with Gasteiger partial charge in [-0.05, 0) is 19.1 Å². The topological polar surface area (TPSA) is 92.2 Å². The Labute approximate surface area is 153 Å². The van der Waals surface area contributed by atoms with Crippen LogP contribution in [0.15, 0.2) is 28.8 Å². The first-order valence-electron chi connectivity index (χ1n) is 8.25. The van der Waals surface area contributed by atoms with Gasteiger partial charge in [-0.15, -0.1) is 11.3 Å². The van der Waals surface area contributed by atoms with E-state index in [-0.39, 0.29) is 18.4 Å². The number of thiazole rings is 1. The third kappa shape index (κ3) is 2.96. The fraction of sp³-hybridized carbons (Fsp3) is 0.333. The van der Waals surface area contributed by atoms with E-state index < -0.39 is 0 Å². The highest BCUT2D eigenvalue weighted by molar-refractivity contribution is 7.18. The van der Waals surface area contributed by atoms with E-state index in [4.69, 9.17) is 9.26 Å². The molecule has 1 aliphatic rings. The number of ether oxygens (including phenoxy) is 1. The molecule has 7 nitrogen and oxygen atoms in total. The largest absolute Gasteiger partial charge is 0.377 e. The number of nitriles is 1. The molecule has 1 fully saturated rings. The van der Waals surface area contributed by atoms with Crippen molar-refractivity contribution in [3.63, 3.8) is 0 Å². The molecule has 0 spiro atoms. The Balaban J connectivity index is 1.60. The van der Waals surface area contributed by atoms with Crippen LogP contribution >= 0.6 is 11.3 Å². The van der Waals surface area contributed by atoms with Crippen LogP contribution in [-0.4, -0.2) is 40.7 Å². The van der Waals surface area contributed by atoms with Gasteiger partial charge in [-0.3, -0.25) is 4.79 Å². The number of carbonyl (C=O) groups excluding carboxylic acids is 1. The fourth-order valence-corrected chi connectivity index (χ4v) is 4.13. The Morgan fingerprint density at radius 1 is 1.46 bits per heavy atom. The zero-order valence-electron chi connectivity index (χ0n) is 14.1. The predicted molar refractivity (Wildman–Crippen MR) is 94.6 cm³/mol. The van der Waals surface area contributed by atoms with Crippen molar-refractivity contribution in [1.29, 1.82) is 5.26 Å². The standard InChI is InChI=1S/C18H16N4O3S/c1-11-12(9-19)14(21-25-11)8-17(23)22-6-7-24-10-15(22)18-20-13-4-2-3-5-16(13)26-18/h2-5,15H,6-8,10H2,1H3. The summed E-state index contributed by atoms with van der Waals surface area (Å²) < 4.78 is 11.7. The van der Waals surface area contributed by atoms with Gasteiger partial charge < -0.3 is 14.2 Å². The Kier molecular flexibility index (Phi) is 4.41. The van der Waals surface area contributed by atoms with Crippen molar-refractivity contribution >= 4 is 27.5 Å². The highest BCUT2D eigenvalue weighted by Crippen LogP contribution is 2.32. The molecule has 0 saturated carbocycles. The fourth-order valence-electron chi connectivity index (χ4n) is 3.07. The van der Waals surface area contributed by atoms with Crippen molar-refractivity contribution in [2.24, 2.45) is 0 Å². The quantitative estimate of drug-likeness (QED) is 0.706. The van der Waals surface area contributed by atoms with Crippen molar-refractivity contribution in [2.45, 2.75) is 19.4 Å². The second kappa shape index (κ2) is 6.86. The Morgan fingerprint density at radius 2 is 2.31 bits per heavy atom. The summed E-state index contributed by atoms with van der Waals surface area (Å²) in [6.07, 6.45) is 0.0294. The smallest absolute Gasteiger partial charge is 0.229 e. The van der Waals surface area contributed by atoms with Gasteiger partial charge in [0.2, 0.25) is 5.91 Å². The van der Waals surface area contributed by atoms with Gasteiger partial charge in [0, 0.05) is 6.54 Å². The first-order chi connectivity index (χ1) is 12.7. The average Bonchev–Trinajstić information content (AvgIpc) is 3.25. The zero-order valence-corrected chi connectivity index (χ0v) is 15.0. The van der Waals surface area contributed by atoms with Gasteiger partial charge in [-0.25, -0.2) is 4.98 Å². The Bertz CT molecular complexity index is 970. The van der Waals surface area contributed by atoms with Crippen LogP contribution in [0.3, 0.4) is 0 Å². The molecule has 4 rings (SSSR count). The number of fused-ring (bicyclic) bond motifs is 1. The van der Waals surface area contributed by atoms with Gasteiger partial charge in [0.05, 0.1) is 29.9 Å².